The molecule has 7 heteroatoms. The molecule has 0 spiro atoms. The van der Waals surface area contributed by atoms with Gasteiger partial charge in [0.25, 0.3) is 0 Å². The zero-order chi connectivity index (χ0) is 30.7. The van der Waals surface area contributed by atoms with E-state index in [-0.39, 0.29) is 29.1 Å². The molecule has 0 saturated carbocycles. The molecular formula is C36H37F2N3O2. The molecule has 1 heterocycles. The lowest BCUT2D eigenvalue weighted by atomic mass is 9.79. The fourth-order valence-electron chi connectivity index (χ4n) is 6.24. The lowest BCUT2D eigenvalue weighted by molar-refractivity contribution is 0.0124. The molecule has 1 aliphatic heterocycles. The van der Waals surface area contributed by atoms with Crippen LogP contribution in [0.5, 0.6) is 0 Å². The zero-order valence-electron chi connectivity index (χ0n) is 25.1. The second-order valence-electron chi connectivity index (χ2n) is 12.3. The third-order valence-corrected chi connectivity index (χ3v) is 8.22. The average Bonchev–Trinajstić information content (AvgIpc) is 2.98. The molecule has 43 heavy (non-hydrogen) atoms. The highest BCUT2D eigenvalue weighted by Gasteiger charge is 2.37. The Kier molecular flexibility index (Phi) is 8.68. The third kappa shape index (κ3) is 6.64. The Morgan fingerprint density at radius 3 is 2.35 bits per heavy atom. The summed E-state index contributed by atoms with van der Waals surface area (Å²) in [7, 11) is 0. The van der Waals surface area contributed by atoms with Gasteiger partial charge in [-0.1, -0.05) is 72.8 Å². The molecule has 222 valence electrons. The van der Waals surface area contributed by atoms with E-state index in [0.717, 1.165) is 34.0 Å². The van der Waals surface area contributed by atoms with Gasteiger partial charge in [0.05, 0.1) is 17.7 Å². The second-order valence-corrected chi connectivity index (χ2v) is 12.3. The van der Waals surface area contributed by atoms with Gasteiger partial charge < -0.3 is 14.5 Å². The van der Waals surface area contributed by atoms with Gasteiger partial charge in [-0.05, 0) is 74.1 Å². The van der Waals surface area contributed by atoms with E-state index in [4.69, 9.17) is 4.74 Å². The van der Waals surface area contributed by atoms with Crippen LogP contribution in [0.25, 0.3) is 10.8 Å². The molecule has 0 radical (unpaired) electrons. The summed E-state index contributed by atoms with van der Waals surface area (Å²) in [5.74, 6) is -1.65. The first-order valence-electron chi connectivity index (χ1n) is 14.7. The lowest BCUT2D eigenvalue weighted by Crippen LogP contribution is -2.48. The molecule has 1 fully saturated rings. The Hall–Kier alpha value is -4.44. The minimum atomic E-state index is -0.762. The molecule has 5 nitrogen and oxygen atoms in total. The Morgan fingerprint density at radius 1 is 1.02 bits per heavy atom. The first-order chi connectivity index (χ1) is 20.6. The van der Waals surface area contributed by atoms with E-state index in [2.05, 4.69) is 30.3 Å². The molecule has 0 bridgehead atoms. The van der Waals surface area contributed by atoms with E-state index in [1.54, 1.807) is 9.80 Å². The molecule has 5 rings (SSSR count). The van der Waals surface area contributed by atoms with E-state index in [9.17, 15) is 10.1 Å². The van der Waals surface area contributed by atoms with Gasteiger partial charge in [0.15, 0.2) is 11.6 Å². The van der Waals surface area contributed by atoms with Crippen molar-refractivity contribution in [2.45, 2.75) is 51.7 Å². The van der Waals surface area contributed by atoms with Crippen LogP contribution in [0.2, 0.25) is 0 Å². The minimum Gasteiger partial charge on any atom is -0.444 e. The zero-order valence-corrected chi connectivity index (χ0v) is 25.1. The molecule has 0 N–H and O–H groups in total. The number of fused-ring (bicyclic) bond motifs is 1. The Labute approximate surface area is 252 Å². The number of benzene rings is 4. The maximum atomic E-state index is 15.2. The van der Waals surface area contributed by atoms with E-state index < -0.39 is 23.3 Å². The summed E-state index contributed by atoms with van der Waals surface area (Å²) in [6, 6.07) is 27.9. The summed E-state index contributed by atoms with van der Waals surface area (Å²) in [6.07, 6.45) is 0.200. The first-order valence-corrected chi connectivity index (χ1v) is 14.7. The normalized spacial score (nSPS) is 17.7. The number of amides is 1. The standard InChI is InChI=1S/C36H37F2N3O2/c1-24(29-16-10-14-27-13-8-9-15-31(27)29)41(35(42)43-36(2,3)4)23-28-22-40(18-17-30(28)26-11-6-5-7-12-26)34-32(37)19-25(21-39)20-33(34)38/h5-16,19-20,24,28,30H,17-18,22-23H2,1-4H3/t24-,28?,30?/m1/s1. The maximum Gasteiger partial charge on any atom is 0.410 e. The van der Waals surface area contributed by atoms with Crippen LogP contribution in [0, 0.1) is 28.9 Å². The number of rotatable bonds is 6. The quantitative estimate of drug-likeness (QED) is 0.229. The van der Waals surface area contributed by atoms with Gasteiger partial charge in [-0.2, -0.15) is 5.26 Å². The molecule has 3 atom stereocenters. The predicted molar refractivity (Wildman–Crippen MR) is 166 cm³/mol. The van der Waals surface area contributed by atoms with Crippen LogP contribution in [0.1, 0.15) is 62.8 Å². The van der Waals surface area contributed by atoms with Gasteiger partial charge in [0.2, 0.25) is 0 Å². The van der Waals surface area contributed by atoms with Crippen molar-refractivity contribution < 1.29 is 18.3 Å². The SMILES string of the molecule is C[C@H](c1cccc2ccccc12)N(CC1CN(c2c(F)cc(C#N)cc2F)CCC1c1ccccc1)C(=O)OC(C)(C)C. The van der Waals surface area contributed by atoms with E-state index in [1.165, 1.54) is 0 Å². The summed E-state index contributed by atoms with van der Waals surface area (Å²) < 4.78 is 36.3. The van der Waals surface area contributed by atoms with Crippen LogP contribution in [0.3, 0.4) is 0 Å². The highest BCUT2D eigenvalue weighted by molar-refractivity contribution is 5.86. The van der Waals surface area contributed by atoms with Crippen LogP contribution in [-0.2, 0) is 4.74 Å². The highest BCUT2D eigenvalue weighted by atomic mass is 19.1. The van der Waals surface area contributed by atoms with Crippen molar-refractivity contribution >= 4 is 22.6 Å². The summed E-state index contributed by atoms with van der Waals surface area (Å²) in [5, 5.41) is 11.3. The van der Waals surface area contributed by atoms with Gasteiger partial charge in [-0.25, -0.2) is 13.6 Å². The summed E-state index contributed by atoms with van der Waals surface area (Å²) >= 11 is 0. The van der Waals surface area contributed by atoms with Crippen molar-refractivity contribution in [1.29, 1.82) is 5.26 Å². The van der Waals surface area contributed by atoms with Gasteiger partial charge in [0, 0.05) is 25.6 Å². The van der Waals surface area contributed by atoms with Crippen molar-refractivity contribution in [2.75, 3.05) is 24.5 Å². The van der Waals surface area contributed by atoms with Crippen LogP contribution in [0.4, 0.5) is 19.3 Å². The Balaban J connectivity index is 1.55. The topological polar surface area (TPSA) is 56.6 Å². The van der Waals surface area contributed by atoms with Crippen molar-refractivity contribution in [3.63, 3.8) is 0 Å². The molecule has 1 aliphatic rings. The van der Waals surface area contributed by atoms with Crippen molar-refractivity contribution in [2.24, 2.45) is 5.92 Å². The number of halogens is 2. The van der Waals surface area contributed by atoms with Crippen molar-refractivity contribution in [3.8, 4) is 6.07 Å². The molecule has 4 aromatic rings. The summed E-state index contributed by atoms with van der Waals surface area (Å²) in [6.45, 7) is 8.60. The Morgan fingerprint density at radius 2 is 1.67 bits per heavy atom. The fourth-order valence-corrected chi connectivity index (χ4v) is 6.24. The lowest BCUT2D eigenvalue weighted by Gasteiger charge is -2.43. The van der Waals surface area contributed by atoms with Crippen LogP contribution in [-0.4, -0.2) is 36.2 Å². The largest absolute Gasteiger partial charge is 0.444 e. The fraction of sp³-hybridized carbons (Fsp3) is 0.333. The number of anilines is 1. The number of piperidine rings is 1. The number of hydrogen-bond acceptors (Lipinski definition) is 4. The van der Waals surface area contributed by atoms with Gasteiger partial charge in [-0.15, -0.1) is 0 Å². The molecule has 0 aromatic heterocycles. The second kappa shape index (κ2) is 12.4. The first kappa shape index (κ1) is 30.0. The van der Waals surface area contributed by atoms with Gasteiger partial charge in [0.1, 0.15) is 11.3 Å². The van der Waals surface area contributed by atoms with Crippen molar-refractivity contribution in [1.82, 2.24) is 4.90 Å². The number of carbonyl (C=O) groups excluding carboxylic acids is 1. The van der Waals surface area contributed by atoms with Crippen LogP contribution >= 0.6 is 0 Å². The smallest absolute Gasteiger partial charge is 0.410 e. The molecule has 4 aromatic carbocycles. The van der Waals surface area contributed by atoms with Gasteiger partial charge >= 0.3 is 6.09 Å². The van der Waals surface area contributed by atoms with E-state index in [1.807, 2.05) is 76.2 Å². The van der Waals surface area contributed by atoms with Gasteiger partial charge in [-0.3, -0.25) is 0 Å². The monoisotopic (exact) mass is 581 g/mol. The summed E-state index contributed by atoms with van der Waals surface area (Å²) in [5.41, 5.74) is 1.21. The third-order valence-electron chi connectivity index (χ3n) is 8.22. The highest BCUT2D eigenvalue weighted by Crippen LogP contribution is 2.39. The number of carbonyl (C=O) groups is 1. The van der Waals surface area contributed by atoms with E-state index >= 15 is 8.78 Å². The molecule has 1 saturated heterocycles. The Bertz CT molecular complexity index is 1620. The molecular weight excluding hydrogens is 544 g/mol. The van der Waals surface area contributed by atoms with Crippen LogP contribution < -0.4 is 4.90 Å². The molecule has 2 unspecified atom stereocenters. The van der Waals surface area contributed by atoms with Crippen molar-refractivity contribution in [3.05, 3.63) is 113 Å². The number of ether oxygens (including phenoxy) is 1. The molecule has 1 amide bonds. The number of hydrogen-bond donors (Lipinski definition) is 0. The van der Waals surface area contributed by atoms with E-state index in [0.29, 0.717) is 26.1 Å². The summed E-state index contributed by atoms with van der Waals surface area (Å²) in [4.78, 5) is 17.4. The maximum absolute atomic E-state index is 15.2. The predicted octanol–water partition coefficient (Wildman–Crippen LogP) is 8.60. The number of nitrogens with zero attached hydrogens (tertiary/aromatic N) is 3. The number of nitriles is 1. The molecule has 0 aliphatic carbocycles. The minimum absolute atomic E-state index is 0.0478. The average molecular weight is 582 g/mol. The van der Waals surface area contributed by atoms with Crippen LogP contribution in [0.15, 0.2) is 84.9 Å².